The average Bonchev–Trinajstić information content (AvgIpc) is 2.22. The third kappa shape index (κ3) is 2.94. The zero-order chi connectivity index (χ0) is 13.4. The summed E-state index contributed by atoms with van der Waals surface area (Å²) >= 11 is 0. The Bertz CT molecular complexity index is 407. The van der Waals surface area contributed by atoms with Crippen LogP contribution in [0, 0.1) is 29.1 Å². The van der Waals surface area contributed by atoms with Gasteiger partial charge in [0.05, 0.1) is 0 Å². The molecular formula is C11H12F5N. The molecule has 0 fully saturated rings. The van der Waals surface area contributed by atoms with Crippen LogP contribution in [0.1, 0.15) is 26.3 Å². The maximum absolute atomic E-state index is 13.2. The van der Waals surface area contributed by atoms with Crippen molar-refractivity contribution < 1.29 is 22.0 Å². The van der Waals surface area contributed by atoms with Gasteiger partial charge in [0.1, 0.15) is 0 Å². The van der Waals surface area contributed by atoms with E-state index in [4.69, 9.17) is 0 Å². The van der Waals surface area contributed by atoms with Gasteiger partial charge in [-0.25, -0.2) is 22.0 Å². The lowest BCUT2D eigenvalue weighted by atomic mass is 10.1. The molecule has 1 nitrogen and oxygen atoms in total. The van der Waals surface area contributed by atoms with Crippen LogP contribution >= 0.6 is 0 Å². The highest BCUT2D eigenvalue weighted by molar-refractivity contribution is 5.24. The predicted octanol–water partition coefficient (Wildman–Crippen LogP) is 3.27. The van der Waals surface area contributed by atoms with Gasteiger partial charge in [0.2, 0.25) is 5.82 Å². The van der Waals surface area contributed by atoms with Crippen molar-refractivity contribution in [3.8, 4) is 0 Å². The quantitative estimate of drug-likeness (QED) is 0.484. The Morgan fingerprint density at radius 2 is 1.12 bits per heavy atom. The number of hydrogen-bond acceptors (Lipinski definition) is 1. The van der Waals surface area contributed by atoms with E-state index in [-0.39, 0.29) is 0 Å². The predicted molar refractivity (Wildman–Crippen MR) is 52.8 cm³/mol. The molecule has 96 valence electrons. The molecular weight excluding hydrogens is 241 g/mol. The molecule has 0 aliphatic heterocycles. The van der Waals surface area contributed by atoms with Crippen LogP contribution in [0.3, 0.4) is 0 Å². The van der Waals surface area contributed by atoms with Crippen molar-refractivity contribution in [2.24, 2.45) is 0 Å². The van der Waals surface area contributed by atoms with Crippen LogP contribution in [0.25, 0.3) is 0 Å². The molecule has 0 saturated carbocycles. The second-order valence-electron chi connectivity index (χ2n) is 4.65. The number of hydrogen-bond donors (Lipinski definition) is 1. The SMILES string of the molecule is CC(C)(C)NCc1c(F)c(F)c(F)c(F)c1F. The summed E-state index contributed by atoms with van der Waals surface area (Å²) in [4.78, 5) is 0. The van der Waals surface area contributed by atoms with Gasteiger partial charge in [-0.2, -0.15) is 0 Å². The zero-order valence-electron chi connectivity index (χ0n) is 9.60. The maximum atomic E-state index is 13.2. The highest BCUT2D eigenvalue weighted by atomic mass is 19.2. The molecule has 6 heteroatoms. The lowest BCUT2D eigenvalue weighted by molar-refractivity contribution is 0.356. The minimum atomic E-state index is -2.14. The van der Waals surface area contributed by atoms with Gasteiger partial charge in [0, 0.05) is 17.6 Å². The van der Waals surface area contributed by atoms with Gasteiger partial charge >= 0.3 is 0 Å². The lowest BCUT2D eigenvalue weighted by Crippen LogP contribution is -2.35. The third-order valence-electron chi connectivity index (χ3n) is 2.10. The molecule has 0 saturated heterocycles. The van der Waals surface area contributed by atoms with E-state index in [0.29, 0.717) is 0 Å². The van der Waals surface area contributed by atoms with E-state index in [1.54, 1.807) is 20.8 Å². The molecule has 1 aromatic carbocycles. The van der Waals surface area contributed by atoms with E-state index in [1.807, 2.05) is 0 Å². The zero-order valence-corrected chi connectivity index (χ0v) is 9.60. The van der Waals surface area contributed by atoms with Crippen LogP contribution < -0.4 is 5.32 Å². The van der Waals surface area contributed by atoms with Crippen molar-refractivity contribution in [2.45, 2.75) is 32.9 Å². The Hall–Kier alpha value is -1.17. The largest absolute Gasteiger partial charge is 0.308 e. The van der Waals surface area contributed by atoms with Gasteiger partial charge < -0.3 is 5.32 Å². The van der Waals surface area contributed by atoms with Gasteiger partial charge in [-0.3, -0.25) is 0 Å². The first kappa shape index (κ1) is 13.9. The fraction of sp³-hybridized carbons (Fsp3) is 0.455. The second kappa shape index (κ2) is 4.60. The topological polar surface area (TPSA) is 12.0 Å². The van der Waals surface area contributed by atoms with Crippen LogP contribution in [0.15, 0.2) is 0 Å². The summed E-state index contributed by atoms with van der Waals surface area (Å²) in [5.41, 5.74) is -1.35. The van der Waals surface area contributed by atoms with Crippen LogP contribution in [0.4, 0.5) is 22.0 Å². The summed E-state index contributed by atoms with van der Waals surface area (Å²) in [6, 6.07) is 0. The molecule has 0 radical (unpaired) electrons. The van der Waals surface area contributed by atoms with Crippen molar-refractivity contribution >= 4 is 0 Å². The lowest BCUT2D eigenvalue weighted by Gasteiger charge is -2.21. The summed E-state index contributed by atoms with van der Waals surface area (Å²) in [6.45, 7) is 4.69. The van der Waals surface area contributed by atoms with Gasteiger partial charge in [0.15, 0.2) is 23.3 Å². The molecule has 0 aliphatic carbocycles. The number of halogens is 5. The van der Waals surface area contributed by atoms with Crippen molar-refractivity contribution in [2.75, 3.05) is 0 Å². The minimum Gasteiger partial charge on any atom is -0.308 e. The highest BCUT2D eigenvalue weighted by Gasteiger charge is 2.26. The molecule has 0 aliphatic rings. The molecule has 0 bridgehead atoms. The van der Waals surface area contributed by atoms with E-state index in [2.05, 4.69) is 5.32 Å². The molecule has 17 heavy (non-hydrogen) atoms. The van der Waals surface area contributed by atoms with Crippen molar-refractivity contribution in [1.82, 2.24) is 5.32 Å². The smallest absolute Gasteiger partial charge is 0.200 e. The Balaban J connectivity index is 3.16. The van der Waals surface area contributed by atoms with Crippen LogP contribution in [0.5, 0.6) is 0 Å². The second-order valence-corrected chi connectivity index (χ2v) is 4.65. The number of benzene rings is 1. The van der Waals surface area contributed by atoms with Gasteiger partial charge in [-0.05, 0) is 20.8 Å². The van der Waals surface area contributed by atoms with E-state index in [0.717, 1.165) is 0 Å². The molecule has 0 aromatic heterocycles. The minimum absolute atomic E-state index is 0.435. The maximum Gasteiger partial charge on any atom is 0.200 e. The molecule has 0 amide bonds. The fourth-order valence-electron chi connectivity index (χ4n) is 1.16. The summed E-state index contributed by atoms with van der Waals surface area (Å²) in [6.07, 6.45) is 0. The highest BCUT2D eigenvalue weighted by Crippen LogP contribution is 2.23. The Kier molecular flexibility index (Phi) is 3.76. The summed E-state index contributed by atoms with van der Waals surface area (Å²) in [5, 5.41) is 2.66. The molecule has 1 N–H and O–H groups in total. The van der Waals surface area contributed by atoms with E-state index < -0.39 is 46.7 Å². The monoisotopic (exact) mass is 253 g/mol. The first-order valence-corrected chi connectivity index (χ1v) is 4.90. The van der Waals surface area contributed by atoms with Crippen molar-refractivity contribution in [1.29, 1.82) is 0 Å². The number of rotatable bonds is 2. The molecule has 0 heterocycles. The van der Waals surface area contributed by atoms with Crippen molar-refractivity contribution in [3.63, 3.8) is 0 Å². The van der Waals surface area contributed by atoms with Crippen LogP contribution in [-0.4, -0.2) is 5.54 Å². The van der Waals surface area contributed by atoms with Gasteiger partial charge in [-0.15, -0.1) is 0 Å². The summed E-state index contributed by atoms with van der Waals surface area (Å²) < 4.78 is 64.8. The third-order valence-corrected chi connectivity index (χ3v) is 2.10. The van der Waals surface area contributed by atoms with Crippen LogP contribution in [-0.2, 0) is 6.54 Å². The number of nitrogens with one attached hydrogen (secondary N) is 1. The van der Waals surface area contributed by atoms with E-state index in [9.17, 15) is 22.0 Å². The normalized spacial score (nSPS) is 12.0. The summed E-state index contributed by atoms with van der Waals surface area (Å²) in [7, 11) is 0. The van der Waals surface area contributed by atoms with E-state index in [1.165, 1.54) is 0 Å². The Labute approximate surface area is 95.6 Å². The molecule has 0 unspecified atom stereocenters. The molecule has 1 rings (SSSR count). The first-order chi connectivity index (χ1) is 7.65. The summed E-state index contributed by atoms with van der Waals surface area (Å²) in [5.74, 6) is -9.57. The molecule has 0 spiro atoms. The standard InChI is InChI=1S/C11H12F5N/c1-11(2,3)17-4-5-6(12)8(14)10(16)9(15)7(5)13/h17H,4H2,1-3H3. The first-order valence-electron chi connectivity index (χ1n) is 4.90. The van der Waals surface area contributed by atoms with Gasteiger partial charge in [-0.1, -0.05) is 0 Å². The fourth-order valence-corrected chi connectivity index (χ4v) is 1.16. The van der Waals surface area contributed by atoms with Crippen LogP contribution in [0.2, 0.25) is 0 Å². The Morgan fingerprint density at radius 3 is 1.47 bits per heavy atom. The molecule has 0 atom stereocenters. The Morgan fingerprint density at radius 1 is 0.765 bits per heavy atom. The molecule has 1 aromatic rings. The van der Waals surface area contributed by atoms with E-state index >= 15 is 0 Å². The van der Waals surface area contributed by atoms with Gasteiger partial charge in [0.25, 0.3) is 0 Å². The average molecular weight is 253 g/mol. The van der Waals surface area contributed by atoms with Crippen molar-refractivity contribution in [3.05, 3.63) is 34.6 Å².